The Bertz CT molecular complexity index is 400. The number of nitrogen functional groups attached to an aromatic ring is 1. The SMILES string of the molecule is CCCCCCCCC(=O)N(CC)Cc1ccc(N)cc1. The summed E-state index contributed by atoms with van der Waals surface area (Å²) in [5.41, 5.74) is 7.59. The standard InChI is InChI=1S/C18H30N2O/c1-3-5-6-7-8-9-10-18(21)20(4-2)15-16-11-13-17(19)14-12-16/h11-14H,3-10,15,19H2,1-2H3. The molecule has 0 radical (unpaired) electrons. The van der Waals surface area contributed by atoms with E-state index in [0.29, 0.717) is 13.0 Å². The molecule has 118 valence electrons. The van der Waals surface area contributed by atoms with Crippen molar-refractivity contribution >= 4 is 11.6 Å². The maximum absolute atomic E-state index is 12.2. The van der Waals surface area contributed by atoms with Crippen LogP contribution in [0.5, 0.6) is 0 Å². The van der Waals surface area contributed by atoms with E-state index in [1.807, 2.05) is 36.1 Å². The molecule has 0 fully saturated rings. The molecule has 0 bridgehead atoms. The molecule has 0 aliphatic heterocycles. The van der Waals surface area contributed by atoms with Gasteiger partial charge in [0.05, 0.1) is 0 Å². The molecule has 0 saturated carbocycles. The third-order valence-electron chi connectivity index (χ3n) is 3.83. The van der Waals surface area contributed by atoms with Crippen molar-refractivity contribution in [2.75, 3.05) is 12.3 Å². The summed E-state index contributed by atoms with van der Waals surface area (Å²) in [7, 11) is 0. The molecule has 0 aliphatic carbocycles. The van der Waals surface area contributed by atoms with E-state index in [9.17, 15) is 4.79 Å². The molecule has 0 aliphatic rings. The van der Waals surface area contributed by atoms with Crippen LogP contribution in [0.4, 0.5) is 5.69 Å². The number of nitrogens with two attached hydrogens (primary N) is 1. The van der Waals surface area contributed by atoms with E-state index in [4.69, 9.17) is 5.73 Å². The van der Waals surface area contributed by atoms with E-state index in [1.54, 1.807) is 0 Å². The summed E-state index contributed by atoms with van der Waals surface area (Å²) >= 11 is 0. The van der Waals surface area contributed by atoms with E-state index in [0.717, 1.165) is 24.2 Å². The van der Waals surface area contributed by atoms with Crippen LogP contribution in [-0.2, 0) is 11.3 Å². The second kappa shape index (κ2) is 10.3. The highest BCUT2D eigenvalue weighted by molar-refractivity contribution is 5.76. The van der Waals surface area contributed by atoms with Crippen molar-refractivity contribution < 1.29 is 4.79 Å². The van der Waals surface area contributed by atoms with Crippen molar-refractivity contribution in [1.29, 1.82) is 0 Å². The summed E-state index contributed by atoms with van der Waals surface area (Å²) in [6.07, 6.45) is 8.00. The number of anilines is 1. The number of carbonyl (C=O) groups excluding carboxylic acids is 1. The second-order valence-corrected chi connectivity index (χ2v) is 5.67. The van der Waals surface area contributed by atoms with Crippen molar-refractivity contribution in [1.82, 2.24) is 4.90 Å². The monoisotopic (exact) mass is 290 g/mol. The van der Waals surface area contributed by atoms with Gasteiger partial charge in [-0.3, -0.25) is 4.79 Å². The molecule has 0 unspecified atom stereocenters. The molecule has 3 nitrogen and oxygen atoms in total. The van der Waals surface area contributed by atoms with Gasteiger partial charge in [0.1, 0.15) is 0 Å². The fourth-order valence-electron chi connectivity index (χ4n) is 2.43. The number of hydrogen-bond acceptors (Lipinski definition) is 2. The zero-order chi connectivity index (χ0) is 15.5. The van der Waals surface area contributed by atoms with Crippen LogP contribution in [0.15, 0.2) is 24.3 Å². The first-order valence-corrected chi connectivity index (χ1v) is 8.29. The molecule has 0 saturated heterocycles. The fraction of sp³-hybridized carbons (Fsp3) is 0.611. The molecule has 1 rings (SSSR count). The van der Waals surface area contributed by atoms with Gasteiger partial charge < -0.3 is 10.6 Å². The van der Waals surface area contributed by atoms with E-state index < -0.39 is 0 Å². The van der Waals surface area contributed by atoms with Crippen LogP contribution in [0.2, 0.25) is 0 Å². The highest BCUT2D eigenvalue weighted by Gasteiger charge is 2.11. The molecule has 2 N–H and O–H groups in total. The minimum atomic E-state index is 0.268. The highest BCUT2D eigenvalue weighted by atomic mass is 16.2. The van der Waals surface area contributed by atoms with Crippen molar-refractivity contribution in [3.63, 3.8) is 0 Å². The summed E-state index contributed by atoms with van der Waals surface area (Å²) in [5, 5.41) is 0. The topological polar surface area (TPSA) is 46.3 Å². The maximum atomic E-state index is 12.2. The van der Waals surface area contributed by atoms with Crippen LogP contribution >= 0.6 is 0 Å². The Kier molecular flexibility index (Phi) is 8.56. The fourth-order valence-corrected chi connectivity index (χ4v) is 2.43. The average Bonchev–Trinajstić information content (AvgIpc) is 2.50. The number of carbonyl (C=O) groups is 1. The van der Waals surface area contributed by atoms with Crippen LogP contribution in [0.3, 0.4) is 0 Å². The van der Waals surface area contributed by atoms with Crippen molar-refractivity contribution in [2.45, 2.75) is 65.3 Å². The molecule has 0 heterocycles. The van der Waals surface area contributed by atoms with Crippen LogP contribution in [0, 0.1) is 0 Å². The molecular weight excluding hydrogens is 260 g/mol. The number of rotatable bonds is 10. The van der Waals surface area contributed by atoms with Gasteiger partial charge in [0, 0.05) is 25.2 Å². The average molecular weight is 290 g/mol. The Balaban J connectivity index is 2.30. The van der Waals surface area contributed by atoms with E-state index in [1.165, 1.54) is 32.1 Å². The van der Waals surface area contributed by atoms with Crippen LogP contribution in [-0.4, -0.2) is 17.4 Å². The molecule has 21 heavy (non-hydrogen) atoms. The van der Waals surface area contributed by atoms with Gasteiger partial charge in [0.25, 0.3) is 0 Å². The second-order valence-electron chi connectivity index (χ2n) is 5.67. The lowest BCUT2D eigenvalue weighted by Gasteiger charge is -2.21. The smallest absolute Gasteiger partial charge is 0.222 e. The first-order valence-electron chi connectivity index (χ1n) is 8.29. The van der Waals surface area contributed by atoms with Crippen molar-refractivity contribution in [2.24, 2.45) is 0 Å². The predicted molar refractivity (Wildman–Crippen MR) is 89.9 cm³/mol. The minimum Gasteiger partial charge on any atom is -0.399 e. The highest BCUT2D eigenvalue weighted by Crippen LogP contribution is 2.12. The first-order chi connectivity index (χ1) is 10.2. The number of benzene rings is 1. The van der Waals surface area contributed by atoms with Gasteiger partial charge in [-0.1, -0.05) is 51.2 Å². The molecule has 0 spiro atoms. The van der Waals surface area contributed by atoms with Gasteiger partial charge >= 0.3 is 0 Å². The van der Waals surface area contributed by atoms with Gasteiger partial charge in [0.15, 0.2) is 0 Å². The Morgan fingerprint density at radius 3 is 2.24 bits per heavy atom. The summed E-state index contributed by atoms with van der Waals surface area (Å²) in [4.78, 5) is 14.2. The number of unbranched alkanes of at least 4 members (excludes halogenated alkanes) is 5. The molecule has 1 amide bonds. The summed E-state index contributed by atoms with van der Waals surface area (Å²) < 4.78 is 0. The number of nitrogens with zero attached hydrogens (tertiary/aromatic N) is 1. The first kappa shape index (κ1) is 17.5. The third-order valence-corrected chi connectivity index (χ3v) is 3.83. The molecule has 1 aromatic carbocycles. The third kappa shape index (κ3) is 7.16. The molecule has 0 aromatic heterocycles. The Morgan fingerprint density at radius 2 is 1.62 bits per heavy atom. The van der Waals surface area contributed by atoms with E-state index in [-0.39, 0.29) is 5.91 Å². The lowest BCUT2D eigenvalue weighted by molar-refractivity contribution is -0.131. The summed E-state index contributed by atoms with van der Waals surface area (Å²) in [6.45, 7) is 5.71. The number of hydrogen-bond donors (Lipinski definition) is 1. The lowest BCUT2D eigenvalue weighted by atomic mass is 10.1. The minimum absolute atomic E-state index is 0.268. The van der Waals surface area contributed by atoms with Gasteiger partial charge in [-0.15, -0.1) is 0 Å². The predicted octanol–water partition coefficient (Wildman–Crippen LogP) is 4.37. The van der Waals surface area contributed by atoms with Crippen molar-refractivity contribution in [3.8, 4) is 0 Å². The van der Waals surface area contributed by atoms with Gasteiger partial charge in [-0.2, -0.15) is 0 Å². The lowest BCUT2D eigenvalue weighted by Crippen LogP contribution is -2.30. The zero-order valence-electron chi connectivity index (χ0n) is 13.6. The molecular formula is C18H30N2O. The van der Waals surface area contributed by atoms with Gasteiger partial charge in [-0.25, -0.2) is 0 Å². The Morgan fingerprint density at radius 1 is 1.00 bits per heavy atom. The van der Waals surface area contributed by atoms with Gasteiger partial charge in [0.2, 0.25) is 5.91 Å². The van der Waals surface area contributed by atoms with Crippen molar-refractivity contribution in [3.05, 3.63) is 29.8 Å². The summed E-state index contributed by atoms with van der Waals surface area (Å²) in [5.74, 6) is 0.268. The maximum Gasteiger partial charge on any atom is 0.222 e. The van der Waals surface area contributed by atoms with Crippen LogP contribution in [0.25, 0.3) is 0 Å². The van der Waals surface area contributed by atoms with Crippen LogP contribution < -0.4 is 5.73 Å². The Hall–Kier alpha value is -1.51. The van der Waals surface area contributed by atoms with Crippen LogP contribution in [0.1, 0.15) is 64.4 Å². The van der Waals surface area contributed by atoms with E-state index in [2.05, 4.69) is 6.92 Å². The molecule has 1 aromatic rings. The van der Waals surface area contributed by atoms with E-state index >= 15 is 0 Å². The summed E-state index contributed by atoms with van der Waals surface area (Å²) in [6, 6.07) is 7.77. The normalized spacial score (nSPS) is 10.6. The molecule has 0 atom stereocenters. The largest absolute Gasteiger partial charge is 0.399 e. The molecule has 3 heteroatoms. The zero-order valence-corrected chi connectivity index (χ0v) is 13.6. The Labute approximate surface area is 129 Å². The quantitative estimate of drug-likeness (QED) is 0.514. The number of amides is 1. The van der Waals surface area contributed by atoms with Gasteiger partial charge in [-0.05, 0) is 31.0 Å².